The lowest BCUT2D eigenvalue weighted by atomic mass is 10.2. The number of morpholine rings is 1. The molecule has 0 saturated carbocycles. The van der Waals surface area contributed by atoms with Crippen LogP contribution >= 0.6 is 34.4 Å². The van der Waals surface area contributed by atoms with E-state index in [0.29, 0.717) is 49.2 Å². The van der Waals surface area contributed by atoms with E-state index in [1.54, 1.807) is 16.5 Å². The first-order valence-electron chi connectivity index (χ1n) is 9.76. The van der Waals surface area contributed by atoms with Crippen molar-refractivity contribution in [1.82, 2.24) is 23.6 Å². The second-order valence-corrected chi connectivity index (χ2v) is 9.46. The number of thioether (sulfide) groups is 1. The molecule has 164 valence electrons. The molecule has 0 aliphatic carbocycles. The zero-order valence-corrected chi connectivity index (χ0v) is 20.2. The first kappa shape index (κ1) is 22.1. The Balaban J connectivity index is 1.75. The van der Waals surface area contributed by atoms with Gasteiger partial charge in [-0.25, -0.2) is 9.78 Å². The molecule has 2 aromatic heterocycles. The van der Waals surface area contributed by atoms with Crippen molar-refractivity contribution in [2.75, 3.05) is 32.1 Å². The average Bonchev–Trinajstić information content (AvgIpc) is 3.13. The Morgan fingerprint density at radius 2 is 1.94 bits per heavy atom. The van der Waals surface area contributed by atoms with E-state index >= 15 is 0 Å². The number of aryl methyl sites for hydroxylation is 1. The fourth-order valence-electron chi connectivity index (χ4n) is 3.53. The molecule has 0 N–H and O–H groups in total. The molecule has 0 radical (unpaired) electrons. The molecule has 3 aromatic rings. The Morgan fingerprint density at radius 3 is 2.65 bits per heavy atom. The lowest BCUT2D eigenvalue weighted by Gasteiger charge is -2.26. The van der Waals surface area contributed by atoms with Gasteiger partial charge < -0.3 is 14.2 Å². The minimum Gasteiger partial charge on any atom is -0.378 e. The fraction of sp³-hybridized carbons (Fsp3) is 0.400. The Bertz CT molecular complexity index is 1260. The molecular weight excluding hydrogens is 533 g/mol. The summed E-state index contributed by atoms with van der Waals surface area (Å²) in [5, 5.41) is 0.536. The first-order chi connectivity index (χ1) is 14.9. The topological polar surface area (TPSA) is 91.4 Å². The number of carbonyl (C=O) groups excluding carboxylic acids is 1. The van der Waals surface area contributed by atoms with Crippen molar-refractivity contribution in [3.8, 4) is 0 Å². The van der Waals surface area contributed by atoms with Gasteiger partial charge >= 0.3 is 5.69 Å². The third-order valence-electron chi connectivity index (χ3n) is 5.23. The highest BCUT2D eigenvalue weighted by Gasteiger charge is 2.22. The second-order valence-electron chi connectivity index (χ2n) is 7.27. The van der Waals surface area contributed by atoms with Crippen LogP contribution in [-0.2, 0) is 30.2 Å². The molecule has 1 aliphatic rings. The Kier molecular flexibility index (Phi) is 6.53. The molecule has 4 rings (SSSR count). The normalized spacial score (nSPS) is 14.4. The van der Waals surface area contributed by atoms with Crippen molar-refractivity contribution in [1.29, 1.82) is 0 Å². The van der Waals surface area contributed by atoms with Crippen molar-refractivity contribution in [2.45, 2.75) is 11.7 Å². The van der Waals surface area contributed by atoms with Crippen LogP contribution in [0.4, 0.5) is 0 Å². The van der Waals surface area contributed by atoms with Crippen LogP contribution in [0.25, 0.3) is 11.2 Å². The van der Waals surface area contributed by atoms with Crippen LogP contribution in [0.3, 0.4) is 0 Å². The summed E-state index contributed by atoms with van der Waals surface area (Å²) < 4.78 is 10.7. The van der Waals surface area contributed by atoms with Gasteiger partial charge in [0, 0.05) is 30.8 Å². The van der Waals surface area contributed by atoms with Gasteiger partial charge in [0.1, 0.15) is 0 Å². The summed E-state index contributed by atoms with van der Waals surface area (Å²) in [6, 6.07) is 7.97. The van der Waals surface area contributed by atoms with Crippen LogP contribution < -0.4 is 11.2 Å². The van der Waals surface area contributed by atoms with Gasteiger partial charge in [-0.15, -0.1) is 0 Å². The zero-order valence-electron chi connectivity index (χ0n) is 17.2. The molecule has 11 heteroatoms. The lowest BCUT2D eigenvalue weighted by Crippen LogP contribution is -2.41. The standard InChI is InChI=1S/C20H22IN5O4S/c1-23-17-16(18(28)24(2)20(23)29)26(11-13-4-3-5-14(21)10-13)19(22-17)31-12-15(27)25-6-8-30-9-7-25/h3-5,10H,6-9,11-12H2,1-2H3. The van der Waals surface area contributed by atoms with Gasteiger partial charge in [-0.05, 0) is 40.3 Å². The predicted octanol–water partition coefficient (Wildman–Crippen LogP) is 1.04. The zero-order chi connectivity index (χ0) is 22.1. The second kappa shape index (κ2) is 9.17. The highest BCUT2D eigenvalue weighted by atomic mass is 127. The molecule has 3 heterocycles. The van der Waals surface area contributed by atoms with Gasteiger partial charge in [0.15, 0.2) is 16.3 Å². The number of nitrogens with zero attached hydrogens (tertiary/aromatic N) is 5. The van der Waals surface area contributed by atoms with Crippen LogP contribution in [0.1, 0.15) is 5.56 Å². The molecule has 31 heavy (non-hydrogen) atoms. The Morgan fingerprint density at radius 1 is 1.19 bits per heavy atom. The summed E-state index contributed by atoms with van der Waals surface area (Å²) in [5.74, 6) is 0.201. The van der Waals surface area contributed by atoms with Gasteiger partial charge in [0.25, 0.3) is 5.56 Å². The van der Waals surface area contributed by atoms with Gasteiger partial charge in [-0.1, -0.05) is 23.9 Å². The average molecular weight is 555 g/mol. The summed E-state index contributed by atoms with van der Waals surface area (Å²) in [5.41, 5.74) is 0.841. The van der Waals surface area contributed by atoms with Crippen molar-refractivity contribution >= 4 is 51.4 Å². The molecule has 9 nitrogen and oxygen atoms in total. The van der Waals surface area contributed by atoms with Crippen LogP contribution in [0.2, 0.25) is 0 Å². The Labute approximate surface area is 196 Å². The summed E-state index contributed by atoms with van der Waals surface area (Å²) in [6.45, 7) is 2.65. The van der Waals surface area contributed by atoms with E-state index in [1.807, 2.05) is 24.3 Å². The summed E-state index contributed by atoms with van der Waals surface area (Å²) in [7, 11) is 3.06. The molecule has 0 unspecified atom stereocenters. The highest BCUT2D eigenvalue weighted by molar-refractivity contribution is 14.1. The largest absolute Gasteiger partial charge is 0.378 e. The molecule has 1 aromatic carbocycles. The summed E-state index contributed by atoms with van der Waals surface area (Å²) in [4.78, 5) is 44.4. The van der Waals surface area contributed by atoms with Crippen LogP contribution in [0.5, 0.6) is 0 Å². The van der Waals surface area contributed by atoms with Gasteiger partial charge in [0.2, 0.25) is 5.91 Å². The number of fused-ring (bicyclic) bond motifs is 1. The third-order valence-corrected chi connectivity index (χ3v) is 6.86. The van der Waals surface area contributed by atoms with E-state index in [2.05, 4.69) is 27.6 Å². The predicted molar refractivity (Wildman–Crippen MR) is 127 cm³/mol. The van der Waals surface area contributed by atoms with E-state index < -0.39 is 11.2 Å². The molecule has 1 amide bonds. The number of rotatable bonds is 5. The lowest BCUT2D eigenvalue weighted by molar-refractivity contribution is -0.132. The third kappa shape index (κ3) is 4.44. The molecular formula is C20H22IN5O4S. The van der Waals surface area contributed by atoms with E-state index in [9.17, 15) is 14.4 Å². The molecule has 0 atom stereocenters. The van der Waals surface area contributed by atoms with Crippen LogP contribution in [0, 0.1) is 3.57 Å². The van der Waals surface area contributed by atoms with Crippen molar-refractivity contribution < 1.29 is 9.53 Å². The fourth-order valence-corrected chi connectivity index (χ4v) is 5.04. The van der Waals surface area contributed by atoms with Gasteiger partial charge in [-0.3, -0.25) is 18.7 Å². The van der Waals surface area contributed by atoms with E-state index in [0.717, 1.165) is 13.7 Å². The number of aromatic nitrogens is 4. The summed E-state index contributed by atoms with van der Waals surface area (Å²) >= 11 is 3.52. The number of carbonyl (C=O) groups is 1. The monoisotopic (exact) mass is 555 g/mol. The smallest absolute Gasteiger partial charge is 0.332 e. The Hall–Kier alpha value is -2.12. The molecule has 1 aliphatic heterocycles. The highest BCUT2D eigenvalue weighted by Crippen LogP contribution is 2.24. The van der Waals surface area contributed by atoms with E-state index in [1.165, 1.54) is 23.4 Å². The maximum atomic E-state index is 13.0. The van der Waals surface area contributed by atoms with Gasteiger partial charge in [-0.2, -0.15) is 0 Å². The van der Waals surface area contributed by atoms with Crippen LogP contribution in [0.15, 0.2) is 39.0 Å². The van der Waals surface area contributed by atoms with Crippen molar-refractivity contribution in [3.63, 3.8) is 0 Å². The van der Waals surface area contributed by atoms with E-state index in [4.69, 9.17) is 4.74 Å². The molecule has 1 fully saturated rings. The number of amides is 1. The maximum absolute atomic E-state index is 13.0. The van der Waals surface area contributed by atoms with Gasteiger partial charge in [0.05, 0.1) is 25.5 Å². The number of ether oxygens (including phenoxy) is 1. The quantitative estimate of drug-likeness (QED) is 0.345. The van der Waals surface area contributed by atoms with Crippen molar-refractivity contribution in [2.24, 2.45) is 14.1 Å². The number of benzene rings is 1. The molecule has 1 saturated heterocycles. The minimum atomic E-state index is -0.433. The minimum absolute atomic E-state index is 0.00274. The van der Waals surface area contributed by atoms with E-state index in [-0.39, 0.29) is 11.7 Å². The summed E-state index contributed by atoms with van der Waals surface area (Å²) in [6.07, 6.45) is 0. The number of halogens is 1. The maximum Gasteiger partial charge on any atom is 0.332 e. The molecule has 0 bridgehead atoms. The number of hydrogen-bond donors (Lipinski definition) is 0. The SMILES string of the molecule is Cn1c(=O)c2c(nc(SCC(=O)N3CCOCC3)n2Cc2cccc(I)c2)n(C)c1=O. The number of imidazole rings is 1. The number of hydrogen-bond acceptors (Lipinski definition) is 6. The van der Waals surface area contributed by atoms with Crippen molar-refractivity contribution in [3.05, 3.63) is 54.2 Å². The first-order valence-corrected chi connectivity index (χ1v) is 11.8. The molecule has 0 spiro atoms. The van der Waals surface area contributed by atoms with Crippen LogP contribution in [-0.4, -0.2) is 61.5 Å².